The molecule has 0 atom stereocenters. The lowest BCUT2D eigenvalue weighted by Crippen LogP contribution is -2.37. The molecule has 8 heteroatoms. The number of benzene rings is 1. The van der Waals surface area contributed by atoms with Crippen molar-refractivity contribution >= 4 is 39.2 Å². The number of rotatable bonds is 4. The molecule has 0 aliphatic heterocycles. The van der Waals surface area contributed by atoms with Crippen LogP contribution in [-0.4, -0.2) is 22.7 Å². The van der Waals surface area contributed by atoms with Gasteiger partial charge in [0, 0.05) is 6.04 Å². The Bertz CT molecular complexity index is 724. The van der Waals surface area contributed by atoms with E-state index in [0.29, 0.717) is 14.6 Å². The number of halogens is 3. The molecule has 2 aromatic rings. The van der Waals surface area contributed by atoms with Crippen molar-refractivity contribution in [2.45, 2.75) is 48.7 Å². The van der Waals surface area contributed by atoms with Gasteiger partial charge in [-0.15, -0.1) is 11.3 Å². The zero-order valence-corrected chi connectivity index (χ0v) is 14.5. The van der Waals surface area contributed by atoms with Crippen molar-refractivity contribution < 1.29 is 18.0 Å². The Morgan fingerprint density at radius 1 is 1.29 bits per heavy atom. The van der Waals surface area contributed by atoms with Gasteiger partial charge in [0.25, 0.3) is 0 Å². The van der Waals surface area contributed by atoms with Gasteiger partial charge in [0.05, 0.1) is 21.5 Å². The molecule has 130 valence electrons. The van der Waals surface area contributed by atoms with Crippen molar-refractivity contribution in [2.75, 3.05) is 5.75 Å². The molecule has 0 bridgehead atoms. The van der Waals surface area contributed by atoms with Gasteiger partial charge in [0.15, 0.2) is 4.34 Å². The summed E-state index contributed by atoms with van der Waals surface area (Å²) in [5.74, 6) is 0.199. The minimum Gasteiger partial charge on any atom is -0.353 e. The first-order chi connectivity index (χ1) is 11.4. The monoisotopic (exact) mass is 374 g/mol. The van der Waals surface area contributed by atoms with E-state index in [4.69, 9.17) is 0 Å². The van der Waals surface area contributed by atoms with E-state index >= 15 is 0 Å². The van der Waals surface area contributed by atoms with Crippen LogP contribution in [0.2, 0.25) is 0 Å². The molecule has 0 spiro atoms. The number of fused-ring (bicyclic) bond motifs is 1. The highest BCUT2D eigenvalue weighted by molar-refractivity contribution is 8.01. The molecule has 1 aliphatic rings. The zero-order chi connectivity index (χ0) is 17.2. The number of hydrogen-bond donors (Lipinski definition) is 1. The molecule has 0 radical (unpaired) electrons. The third-order valence-corrected chi connectivity index (χ3v) is 6.17. The lowest BCUT2D eigenvalue weighted by Gasteiger charge is -2.22. The molecule has 1 aliphatic carbocycles. The van der Waals surface area contributed by atoms with E-state index in [0.717, 1.165) is 37.8 Å². The smallest absolute Gasteiger partial charge is 0.353 e. The number of nitrogens with one attached hydrogen (secondary N) is 1. The number of nitrogens with zero attached hydrogens (tertiary/aromatic N) is 1. The molecular formula is C16H17F3N2OS2. The molecule has 24 heavy (non-hydrogen) atoms. The summed E-state index contributed by atoms with van der Waals surface area (Å²) in [6, 6.07) is 3.81. The van der Waals surface area contributed by atoms with Crippen LogP contribution in [0, 0.1) is 0 Å². The minimum absolute atomic E-state index is 0.0397. The predicted octanol–water partition coefficient (Wildman–Crippen LogP) is 4.86. The molecule has 1 heterocycles. The van der Waals surface area contributed by atoms with E-state index in [2.05, 4.69) is 10.3 Å². The van der Waals surface area contributed by atoms with Gasteiger partial charge < -0.3 is 5.32 Å². The Balaban J connectivity index is 1.59. The number of carbonyl (C=O) groups excluding carboxylic acids is 1. The van der Waals surface area contributed by atoms with Gasteiger partial charge in [-0.3, -0.25) is 4.79 Å². The second kappa shape index (κ2) is 7.31. The maximum Gasteiger partial charge on any atom is 0.416 e. The molecule has 1 saturated carbocycles. The summed E-state index contributed by atoms with van der Waals surface area (Å²) < 4.78 is 39.5. The molecule has 1 fully saturated rings. The second-order valence-corrected chi connectivity index (χ2v) is 8.10. The Labute approximate surface area is 146 Å². The lowest BCUT2D eigenvalue weighted by molar-refractivity contribution is -0.137. The maximum absolute atomic E-state index is 12.7. The molecular weight excluding hydrogens is 357 g/mol. The van der Waals surface area contributed by atoms with E-state index in [1.165, 1.54) is 35.6 Å². The topological polar surface area (TPSA) is 42.0 Å². The van der Waals surface area contributed by atoms with Crippen molar-refractivity contribution in [2.24, 2.45) is 0 Å². The van der Waals surface area contributed by atoms with Crippen LogP contribution in [0.1, 0.15) is 37.7 Å². The highest BCUT2D eigenvalue weighted by Crippen LogP contribution is 2.35. The summed E-state index contributed by atoms with van der Waals surface area (Å²) in [5, 5.41) is 3.02. The van der Waals surface area contributed by atoms with Crippen molar-refractivity contribution in [3.8, 4) is 0 Å². The first-order valence-corrected chi connectivity index (χ1v) is 9.62. The standard InChI is InChI=1S/C16H17F3N2OS2/c17-16(18,19)10-6-7-13-12(8-10)21-15(24-13)23-9-14(22)20-11-4-2-1-3-5-11/h6-8,11H,1-5,9H2,(H,20,22). The Morgan fingerprint density at radius 2 is 2.04 bits per heavy atom. The van der Waals surface area contributed by atoms with Crippen molar-refractivity contribution in [3.63, 3.8) is 0 Å². The fourth-order valence-electron chi connectivity index (χ4n) is 2.79. The fourth-order valence-corrected chi connectivity index (χ4v) is 4.65. The van der Waals surface area contributed by atoms with Crippen LogP contribution in [0.4, 0.5) is 13.2 Å². The van der Waals surface area contributed by atoms with Crippen LogP contribution in [-0.2, 0) is 11.0 Å². The minimum atomic E-state index is -4.37. The fraction of sp³-hybridized carbons (Fsp3) is 0.500. The van der Waals surface area contributed by atoms with E-state index < -0.39 is 11.7 Å². The van der Waals surface area contributed by atoms with Gasteiger partial charge >= 0.3 is 6.18 Å². The molecule has 0 saturated heterocycles. The van der Waals surface area contributed by atoms with Crippen molar-refractivity contribution in [3.05, 3.63) is 23.8 Å². The zero-order valence-electron chi connectivity index (χ0n) is 12.9. The van der Waals surface area contributed by atoms with Crippen molar-refractivity contribution in [1.82, 2.24) is 10.3 Å². The highest BCUT2D eigenvalue weighted by Gasteiger charge is 2.30. The van der Waals surface area contributed by atoms with Gasteiger partial charge in [0.1, 0.15) is 0 Å². The highest BCUT2D eigenvalue weighted by atomic mass is 32.2. The van der Waals surface area contributed by atoms with Crippen LogP contribution in [0.3, 0.4) is 0 Å². The number of aromatic nitrogens is 1. The molecule has 0 unspecified atom stereocenters. The number of thioether (sulfide) groups is 1. The molecule has 3 nitrogen and oxygen atoms in total. The van der Waals surface area contributed by atoms with E-state index in [1.54, 1.807) is 0 Å². The number of thiazole rings is 1. The Hall–Kier alpha value is -1.28. The predicted molar refractivity (Wildman–Crippen MR) is 90.4 cm³/mol. The SMILES string of the molecule is O=C(CSc1nc2cc(C(F)(F)F)ccc2s1)NC1CCCCC1. The van der Waals surface area contributed by atoms with E-state index in [-0.39, 0.29) is 17.7 Å². The third kappa shape index (κ3) is 4.42. The average molecular weight is 374 g/mol. The van der Waals surface area contributed by atoms with Crippen molar-refractivity contribution in [1.29, 1.82) is 0 Å². The maximum atomic E-state index is 12.7. The quantitative estimate of drug-likeness (QED) is 0.778. The van der Waals surface area contributed by atoms with Crippen LogP contribution in [0.25, 0.3) is 10.2 Å². The molecule has 1 aromatic heterocycles. The normalized spacial score (nSPS) is 16.5. The van der Waals surface area contributed by atoms with Crippen LogP contribution in [0.15, 0.2) is 22.5 Å². The third-order valence-electron chi connectivity index (χ3n) is 3.99. The summed E-state index contributed by atoms with van der Waals surface area (Å²) in [5.41, 5.74) is -0.378. The summed E-state index contributed by atoms with van der Waals surface area (Å²) >= 11 is 2.58. The lowest BCUT2D eigenvalue weighted by atomic mass is 9.95. The Morgan fingerprint density at radius 3 is 2.75 bits per heavy atom. The molecule has 1 aromatic carbocycles. The molecule has 1 N–H and O–H groups in total. The Kier molecular flexibility index (Phi) is 5.34. The van der Waals surface area contributed by atoms with E-state index in [1.807, 2.05) is 0 Å². The first-order valence-electron chi connectivity index (χ1n) is 7.82. The number of carbonyl (C=O) groups is 1. The average Bonchev–Trinajstić information content (AvgIpc) is 2.95. The van der Waals surface area contributed by atoms with Gasteiger partial charge in [-0.1, -0.05) is 31.0 Å². The molecule has 3 rings (SSSR count). The second-order valence-electron chi connectivity index (χ2n) is 5.85. The number of alkyl halides is 3. The number of hydrogen-bond acceptors (Lipinski definition) is 4. The first kappa shape index (κ1) is 17.5. The van der Waals surface area contributed by atoms with E-state index in [9.17, 15) is 18.0 Å². The number of amides is 1. The van der Waals surface area contributed by atoms with Gasteiger partial charge in [-0.2, -0.15) is 13.2 Å². The largest absolute Gasteiger partial charge is 0.416 e. The van der Waals surface area contributed by atoms with Gasteiger partial charge in [-0.25, -0.2) is 4.98 Å². The summed E-state index contributed by atoms with van der Waals surface area (Å²) in [6.45, 7) is 0. The van der Waals surface area contributed by atoms with Crippen LogP contribution >= 0.6 is 23.1 Å². The summed E-state index contributed by atoms with van der Waals surface area (Å²) in [7, 11) is 0. The van der Waals surface area contributed by atoms with Crippen LogP contribution in [0.5, 0.6) is 0 Å². The summed E-state index contributed by atoms with van der Waals surface area (Å²) in [4.78, 5) is 16.2. The van der Waals surface area contributed by atoms with Gasteiger partial charge in [-0.05, 0) is 31.0 Å². The van der Waals surface area contributed by atoms with Gasteiger partial charge in [0.2, 0.25) is 5.91 Å². The van der Waals surface area contributed by atoms with Crippen LogP contribution < -0.4 is 5.32 Å². The summed E-state index contributed by atoms with van der Waals surface area (Å²) in [6.07, 6.45) is 1.21. The molecule has 1 amide bonds.